The molecule has 0 unspecified atom stereocenters. The predicted molar refractivity (Wildman–Crippen MR) is 156 cm³/mol. The van der Waals surface area contributed by atoms with Gasteiger partial charge in [0.2, 0.25) is 0 Å². The van der Waals surface area contributed by atoms with Gasteiger partial charge in [-0.25, -0.2) is 0 Å². The highest BCUT2D eigenvalue weighted by Gasteiger charge is 2.70. The Morgan fingerprint density at radius 2 is 1.76 bits per heavy atom. The molecular formula is C34H46ClNO2. The fraction of sp³-hybridized carbons (Fsp3) is 0.676. The molecule has 0 amide bonds. The molecule has 4 aliphatic rings. The first-order valence-corrected chi connectivity index (χ1v) is 15.3. The van der Waals surface area contributed by atoms with E-state index in [-0.39, 0.29) is 33.9 Å². The number of hydrogen-bond acceptors (Lipinski definition) is 3. The van der Waals surface area contributed by atoms with Crippen LogP contribution >= 0.6 is 11.6 Å². The molecule has 0 saturated heterocycles. The van der Waals surface area contributed by atoms with E-state index in [4.69, 9.17) is 16.6 Å². The van der Waals surface area contributed by atoms with E-state index >= 15 is 0 Å². The molecule has 1 heterocycles. The Balaban J connectivity index is 1.30. The second-order valence-electron chi connectivity index (χ2n) is 14.7. The molecule has 3 nitrogen and oxygen atoms in total. The summed E-state index contributed by atoms with van der Waals surface area (Å²) < 4.78 is 0. The van der Waals surface area contributed by atoms with Crippen molar-refractivity contribution >= 4 is 22.5 Å². The first kappa shape index (κ1) is 26.8. The molecular weight excluding hydrogens is 490 g/mol. The molecule has 0 bridgehead atoms. The summed E-state index contributed by atoms with van der Waals surface area (Å²) in [6, 6.07) is 8.24. The Labute approximate surface area is 234 Å². The molecule has 0 aliphatic heterocycles. The zero-order chi connectivity index (χ0) is 27.3. The predicted octanol–water partition coefficient (Wildman–Crippen LogP) is 8.00. The number of rotatable bonds is 3. The first-order valence-electron chi connectivity index (χ1n) is 14.9. The zero-order valence-corrected chi connectivity index (χ0v) is 24.9. The lowest BCUT2D eigenvalue weighted by Gasteiger charge is -2.67. The largest absolute Gasteiger partial charge is 0.393 e. The van der Waals surface area contributed by atoms with E-state index in [9.17, 15) is 10.2 Å². The van der Waals surface area contributed by atoms with Crippen LogP contribution in [0.1, 0.15) is 85.6 Å². The topological polar surface area (TPSA) is 53.4 Å². The van der Waals surface area contributed by atoms with Gasteiger partial charge in [0.25, 0.3) is 0 Å². The maximum atomic E-state index is 12.1. The number of halogens is 1. The molecule has 4 heteroatoms. The molecule has 0 spiro atoms. The van der Waals surface area contributed by atoms with Crippen molar-refractivity contribution in [2.45, 2.75) is 98.7 Å². The lowest BCUT2D eigenvalue weighted by atomic mass is 9.38. The van der Waals surface area contributed by atoms with Crippen molar-refractivity contribution in [3.63, 3.8) is 0 Å². The lowest BCUT2D eigenvalue weighted by Crippen LogP contribution is -2.64. The minimum atomic E-state index is -0.315. The van der Waals surface area contributed by atoms with Gasteiger partial charge in [0.15, 0.2) is 0 Å². The highest BCUT2D eigenvalue weighted by atomic mass is 35.5. The quantitative estimate of drug-likeness (QED) is 0.391. The second kappa shape index (κ2) is 8.79. The van der Waals surface area contributed by atoms with Crippen LogP contribution in [0.5, 0.6) is 0 Å². The number of allylic oxidation sites excluding steroid dienone is 1. The number of fused-ring (bicyclic) bond motifs is 6. The molecule has 38 heavy (non-hydrogen) atoms. The van der Waals surface area contributed by atoms with Gasteiger partial charge >= 0.3 is 0 Å². The van der Waals surface area contributed by atoms with E-state index < -0.39 is 0 Å². The molecule has 2 aromatic rings. The summed E-state index contributed by atoms with van der Waals surface area (Å²) in [6.07, 6.45) is 11.1. The highest BCUT2D eigenvalue weighted by Crippen LogP contribution is 2.74. The van der Waals surface area contributed by atoms with E-state index in [2.05, 4.69) is 59.8 Å². The Morgan fingerprint density at radius 1 is 1.00 bits per heavy atom. The minimum absolute atomic E-state index is 0.100. The van der Waals surface area contributed by atoms with Crippen molar-refractivity contribution in [3.8, 4) is 0 Å². The van der Waals surface area contributed by atoms with Crippen molar-refractivity contribution in [1.29, 1.82) is 0 Å². The highest BCUT2D eigenvalue weighted by molar-refractivity contribution is 6.31. The van der Waals surface area contributed by atoms with E-state index in [1.54, 1.807) is 0 Å². The van der Waals surface area contributed by atoms with Gasteiger partial charge in [-0.2, -0.15) is 0 Å². The normalized spacial score (nSPS) is 42.7. The maximum Gasteiger partial charge on any atom is 0.0716 e. The third-order valence-electron chi connectivity index (χ3n) is 12.9. The van der Waals surface area contributed by atoms with Crippen LogP contribution < -0.4 is 0 Å². The number of aliphatic hydroxyl groups is 2. The first-order chi connectivity index (χ1) is 17.8. The van der Waals surface area contributed by atoms with E-state index in [1.165, 1.54) is 24.0 Å². The molecule has 1 aromatic carbocycles. The van der Waals surface area contributed by atoms with Crippen LogP contribution in [-0.2, 0) is 6.42 Å². The van der Waals surface area contributed by atoms with Crippen LogP contribution in [-0.4, -0.2) is 27.4 Å². The fourth-order valence-electron chi connectivity index (χ4n) is 10.4. The maximum absolute atomic E-state index is 12.1. The molecule has 1 aromatic heterocycles. The van der Waals surface area contributed by atoms with Crippen LogP contribution in [0.15, 0.2) is 42.1 Å². The average molecular weight is 536 g/mol. The summed E-state index contributed by atoms with van der Waals surface area (Å²) in [6.45, 7) is 14.3. The zero-order valence-electron chi connectivity index (χ0n) is 24.1. The molecule has 4 aliphatic carbocycles. The van der Waals surface area contributed by atoms with Gasteiger partial charge < -0.3 is 10.2 Å². The molecule has 3 fully saturated rings. The molecule has 9 atom stereocenters. The van der Waals surface area contributed by atoms with Gasteiger partial charge in [-0.1, -0.05) is 70.9 Å². The summed E-state index contributed by atoms with van der Waals surface area (Å²) in [5, 5.41) is 24.8. The monoisotopic (exact) mass is 535 g/mol. The summed E-state index contributed by atoms with van der Waals surface area (Å²) in [7, 11) is 0. The fourth-order valence-corrected chi connectivity index (χ4v) is 10.6. The van der Waals surface area contributed by atoms with Crippen molar-refractivity contribution in [2.75, 3.05) is 0 Å². The average Bonchev–Trinajstić information content (AvgIpc) is 3.12. The molecule has 6 rings (SSSR count). The van der Waals surface area contributed by atoms with E-state index in [1.807, 2.05) is 18.3 Å². The number of aromatic nitrogens is 1. The van der Waals surface area contributed by atoms with Gasteiger partial charge in [-0.15, -0.1) is 0 Å². The van der Waals surface area contributed by atoms with E-state index in [0.717, 1.165) is 48.0 Å². The second-order valence-corrected chi connectivity index (χ2v) is 15.2. The van der Waals surface area contributed by atoms with Crippen LogP contribution in [0.25, 0.3) is 10.9 Å². The van der Waals surface area contributed by atoms with Crippen LogP contribution in [0.3, 0.4) is 0 Å². The Hall–Kier alpha value is -1.42. The summed E-state index contributed by atoms with van der Waals surface area (Å²) in [5.74, 6) is 1.92. The van der Waals surface area contributed by atoms with Gasteiger partial charge in [0.1, 0.15) is 0 Å². The molecule has 3 saturated carbocycles. The Bertz CT molecular complexity index is 1290. The smallest absolute Gasteiger partial charge is 0.0716 e. The summed E-state index contributed by atoms with van der Waals surface area (Å²) in [5.41, 5.74) is 3.62. The minimum Gasteiger partial charge on any atom is -0.393 e. The van der Waals surface area contributed by atoms with Crippen LogP contribution in [0.4, 0.5) is 0 Å². The van der Waals surface area contributed by atoms with Crippen LogP contribution in [0, 0.1) is 45.3 Å². The number of benzene rings is 1. The molecule has 0 radical (unpaired) electrons. The third-order valence-corrected chi connectivity index (χ3v) is 13.1. The van der Waals surface area contributed by atoms with Crippen molar-refractivity contribution in [2.24, 2.45) is 45.3 Å². The number of pyridine rings is 1. The summed E-state index contributed by atoms with van der Waals surface area (Å²) in [4.78, 5) is 4.72. The third kappa shape index (κ3) is 3.57. The Morgan fingerprint density at radius 3 is 2.53 bits per heavy atom. The standard InChI is InChI=1S/C34H46ClNO2/c1-20(15-21-16-22-7-8-23(35)17-27(22)36-19-21)24-13-14-32(4)28-11-9-25-26(10-12-29(37)31(25,2)3)34(28,6)30(38)18-33(24,32)5/h7-9,16-17,19-20,24,26,28-30,37-38H,10-15,18H2,1-6H3/t20-,24-,26-,28+,29+,30-,32+,33-,34+/m1/s1. The Kier molecular flexibility index (Phi) is 6.19. The van der Waals surface area contributed by atoms with Gasteiger partial charge in [0, 0.05) is 27.4 Å². The van der Waals surface area contributed by atoms with Gasteiger partial charge in [-0.3, -0.25) is 4.98 Å². The molecule has 2 N–H and O–H groups in total. The van der Waals surface area contributed by atoms with Gasteiger partial charge in [-0.05, 0) is 103 Å². The van der Waals surface area contributed by atoms with Crippen LogP contribution in [0.2, 0.25) is 5.02 Å². The number of aliphatic hydroxyl groups excluding tert-OH is 2. The van der Waals surface area contributed by atoms with Crippen molar-refractivity contribution in [3.05, 3.63) is 52.7 Å². The lowest BCUT2D eigenvalue weighted by molar-refractivity contribution is -0.203. The van der Waals surface area contributed by atoms with E-state index in [0.29, 0.717) is 23.7 Å². The van der Waals surface area contributed by atoms with Gasteiger partial charge in [0.05, 0.1) is 17.7 Å². The number of hydrogen-bond donors (Lipinski definition) is 2. The SMILES string of the molecule is C[C@H](Cc1cnc2cc(Cl)ccc2c1)[C@H]1CC[C@@]2(C)[C@@H]3CC=C4[C@@H](CC[C@H](O)C4(C)C)[C@]3(C)[C@H](O)C[C@]12C. The molecule has 206 valence electrons. The number of nitrogens with zero attached hydrogens (tertiary/aromatic N) is 1. The van der Waals surface area contributed by atoms with Crippen molar-refractivity contribution in [1.82, 2.24) is 4.98 Å². The summed E-state index contributed by atoms with van der Waals surface area (Å²) >= 11 is 6.18. The van der Waals surface area contributed by atoms with Crippen molar-refractivity contribution < 1.29 is 10.2 Å².